The molecule has 1 aromatic heterocycles. The quantitative estimate of drug-likeness (QED) is 0.921. The lowest BCUT2D eigenvalue weighted by Gasteiger charge is -2.17. The van der Waals surface area contributed by atoms with Gasteiger partial charge in [-0.15, -0.1) is 0 Å². The summed E-state index contributed by atoms with van der Waals surface area (Å²) in [6, 6.07) is 2.58. The van der Waals surface area contributed by atoms with Crippen LogP contribution in [0.15, 0.2) is 12.1 Å². The molecule has 0 amide bonds. The van der Waals surface area contributed by atoms with Crippen LogP contribution in [0.4, 0.5) is 8.78 Å². The van der Waals surface area contributed by atoms with Crippen molar-refractivity contribution in [1.82, 2.24) is 14.9 Å². The van der Waals surface area contributed by atoms with E-state index in [9.17, 15) is 8.78 Å². The number of aryl methyl sites for hydroxylation is 1. The van der Waals surface area contributed by atoms with Gasteiger partial charge in [-0.25, -0.2) is 13.8 Å². The molecule has 3 nitrogen and oxygen atoms in total. The summed E-state index contributed by atoms with van der Waals surface area (Å²) in [5.74, 6) is 0.532. The summed E-state index contributed by atoms with van der Waals surface area (Å²) in [5.41, 5.74) is 2.64. The molecule has 2 aliphatic rings. The lowest BCUT2D eigenvalue weighted by molar-refractivity contribution is 0.576. The van der Waals surface area contributed by atoms with Gasteiger partial charge in [0.1, 0.15) is 17.5 Å². The highest BCUT2D eigenvalue weighted by Gasteiger charge is 2.33. The van der Waals surface area contributed by atoms with E-state index in [1.54, 1.807) is 6.92 Å². The van der Waals surface area contributed by atoms with E-state index < -0.39 is 0 Å². The highest BCUT2D eigenvalue weighted by molar-refractivity contribution is 5.43. The first-order chi connectivity index (χ1) is 10.1. The normalized spacial score (nSPS) is 17.9. The second-order valence-electron chi connectivity index (χ2n) is 5.95. The van der Waals surface area contributed by atoms with Crippen molar-refractivity contribution in [2.75, 3.05) is 6.54 Å². The molecule has 0 radical (unpaired) electrons. The van der Waals surface area contributed by atoms with E-state index in [1.807, 2.05) is 4.57 Å². The number of hydrogen-bond donors (Lipinski definition) is 1. The largest absolute Gasteiger partial charge is 0.311 e. The Balaban J connectivity index is 1.95. The minimum absolute atomic E-state index is 0.302. The number of nitrogens with one attached hydrogen (secondary N) is 1. The number of nitrogens with zero attached hydrogens (tertiary/aromatic N) is 2. The molecule has 1 fully saturated rings. The molecule has 1 aliphatic heterocycles. The van der Waals surface area contributed by atoms with Gasteiger partial charge < -0.3 is 5.32 Å². The topological polar surface area (TPSA) is 29.9 Å². The molecule has 110 valence electrons. The maximum atomic E-state index is 14.4. The van der Waals surface area contributed by atoms with Crippen molar-refractivity contribution < 1.29 is 8.78 Å². The monoisotopic (exact) mass is 289 g/mol. The Kier molecular flexibility index (Phi) is 2.85. The van der Waals surface area contributed by atoms with Crippen LogP contribution in [0.1, 0.15) is 41.5 Å². The molecule has 4 rings (SSSR count). The van der Waals surface area contributed by atoms with Crippen molar-refractivity contribution in [1.29, 1.82) is 0 Å². The average molecular weight is 289 g/mol. The Morgan fingerprint density at radius 1 is 1.24 bits per heavy atom. The molecule has 2 aromatic rings. The van der Waals surface area contributed by atoms with Crippen LogP contribution >= 0.6 is 0 Å². The fourth-order valence-corrected chi connectivity index (χ4v) is 3.02. The maximum absolute atomic E-state index is 14.4. The highest BCUT2D eigenvalue weighted by Crippen LogP contribution is 2.42. The van der Waals surface area contributed by atoms with Crippen LogP contribution in [0.5, 0.6) is 0 Å². The van der Waals surface area contributed by atoms with E-state index in [2.05, 4.69) is 5.32 Å². The summed E-state index contributed by atoms with van der Waals surface area (Å²) in [4.78, 5) is 4.69. The zero-order valence-corrected chi connectivity index (χ0v) is 11.9. The predicted molar refractivity (Wildman–Crippen MR) is 75.6 cm³/mol. The second-order valence-corrected chi connectivity index (χ2v) is 5.95. The van der Waals surface area contributed by atoms with Crippen LogP contribution < -0.4 is 5.32 Å². The molecule has 0 spiro atoms. The molecule has 2 heterocycles. The number of rotatable bonds is 2. The summed E-state index contributed by atoms with van der Waals surface area (Å²) in [7, 11) is 0. The first kappa shape index (κ1) is 13.0. The summed E-state index contributed by atoms with van der Waals surface area (Å²) in [5, 5.41) is 3.28. The molecule has 1 saturated carbocycles. The molecule has 1 aliphatic carbocycles. The van der Waals surface area contributed by atoms with Gasteiger partial charge in [0.05, 0.1) is 11.4 Å². The van der Waals surface area contributed by atoms with Gasteiger partial charge in [-0.1, -0.05) is 0 Å². The third-order valence-electron chi connectivity index (χ3n) is 4.32. The van der Waals surface area contributed by atoms with Crippen LogP contribution in [0.25, 0.3) is 5.69 Å². The van der Waals surface area contributed by atoms with Crippen LogP contribution in [0, 0.1) is 18.6 Å². The predicted octanol–water partition coefficient (Wildman–Crippen LogP) is 2.98. The van der Waals surface area contributed by atoms with Gasteiger partial charge in [0.15, 0.2) is 0 Å². The Morgan fingerprint density at radius 2 is 2.05 bits per heavy atom. The fraction of sp³-hybridized carbons (Fsp3) is 0.438. The zero-order chi connectivity index (χ0) is 14.6. The van der Waals surface area contributed by atoms with E-state index in [0.29, 0.717) is 23.7 Å². The molecule has 5 heteroatoms. The molecular weight excluding hydrogens is 272 g/mol. The van der Waals surface area contributed by atoms with Crippen LogP contribution in [-0.4, -0.2) is 16.1 Å². The molecule has 1 N–H and O–H groups in total. The Morgan fingerprint density at radius 3 is 2.81 bits per heavy atom. The van der Waals surface area contributed by atoms with Crippen molar-refractivity contribution in [2.24, 2.45) is 0 Å². The van der Waals surface area contributed by atoms with Gasteiger partial charge in [-0.2, -0.15) is 0 Å². The molecule has 0 atom stereocenters. The minimum atomic E-state index is -0.380. The van der Waals surface area contributed by atoms with E-state index >= 15 is 0 Å². The van der Waals surface area contributed by atoms with Gasteiger partial charge in [-0.3, -0.25) is 4.57 Å². The Bertz CT molecular complexity index is 717. The minimum Gasteiger partial charge on any atom is -0.311 e. The van der Waals surface area contributed by atoms with E-state index in [1.165, 1.54) is 12.1 Å². The number of hydrogen-bond acceptors (Lipinski definition) is 2. The zero-order valence-electron chi connectivity index (χ0n) is 11.9. The Hall–Kier alpha value is -1.75. The molecule has 0 bridgehead atoms. The molecular formula is C16H17F2N3. The van der Waals surface area contributed by atoms with Gasteiger partial charge in [-0.05, 0) is 31.4 Å². The summed E-state index contributed by atoms with van der Waals surface area (Å²) in [6.45, 7) is 3.13. The molecule has 0 unspecified atom stereocenters. The van der Waals surface area contributed by atoms with Crippen molar-refractivity contribution in [3.05, 3.63) is 46.5 Å². The first-order valence-electron chi connectivity index (χ1n) is 7.42. The number of halogens is 2. The van der Waals surface area contributed by atoms with Crippen LogP contribution in [0.3, 0.4) is 0 Å². The SMILES string of the molecule is Cc1cc(F)c(-n2c(C3CC3)nc3c2CCNC3)cc1F. The second kappa shape index (κ2) is 4.63. The van der Waals surface area contributed by atoms with E-state index in [4.69, 9.17) is 4.98 Å². The van der Waals surface area contributed by atoms with Crippen molar-refractivity contribution in [3.63, 3.8) is 0 Å². The molecule has 0 saturated heterocycles. The molecule has 21 heavy (non-hydrogen) atoms. The summed E-state index contributed by atoms with van der Waals surface area (Å²) < 4.78 is 30.2. The lowest BCUT2D eigenvalue weighted by atomic mass is 10.1. The van der Waals surface area contributed by atoms with Crippen LogP contribution in [-0.2, 0) is 13.0 Å². The third kappa shape index (κ3) is 2.07. The van der Waals surface area contributed by atoms with Gasteiger partial charge in [0.25, 0.3) is 0 Å². The number of aromatic nitrogens is 2. The standard InChI is InChI=1S/C16H17F2N3/c1-9-6-12(18)15(7-11(9)17)21-14-4-5-19-8-13(14)20-16(21)10-2-3-10/h6-7,10,19H,2-5,8H2,1H3. The maximum Gasteiger partial charge on any atom is 0.147 e. The average Bonchev–Trinajstić information content (AvgIpc) is 3.24. The fourth-order valence-electron chi connectivity index (χ4n) is 3.02. The number of benzene rings is 1. The Labute approximate surface area is 122 Å². The number of fused-ring (bicyclic) bond motifs is 1. The summed E-state index contributed by atoms with van der Waals surface area (Å²) >= 11 is 0. The molecule has 1 aromatic carbocycles. The van der Waals surface area contributed by atoms with E-state index in [-0.39, 0.29) is 11.6 Å². The van der Waals surface area contributed by atoms with Crippen molar-refractivity contribution >= 4 is 0 Å². The van der Waals surface area contributed by atoms with Gasteiger partial charge in [0.2, 0.25) is 0 Å². The van der Waals surface area contributed by atoms with E-state index in [0.717, 1.165) is 43.0 Å². The number of imidazole rings is 1. The van der Waals surface area contributed by atoms with Gasteiger partial charge in [0, 0.05) is 37.2 Å². The van der Waals surface area contributed by atoms with Gasteiger partial charge >= 0.3 is 0 Å². The smallest absolute Gasteiger partial charge is 0.147 e. The summed E-state index contributed by atoms with van der Waals surface area (Å²) in [6.07, 6.45) is 2.96. The first-order valence-corrected chi connectivity index (χ1v) is 7.42. The van der Waals surface area contributed by atoms with Crippen LogP contribution in [0.2, 0.25) is 0 Å². The van der Waals surface area contributed by atoms with Crippen molar-refractivity contribution in [2.45, 2.75) is 38.6 Å². The highest BCUT2D eigenvalue weighted by atomic mass is 19.1. The van der Waals surface area contributed by atoms with Crippen molar-refractivity contribution in [3.8, 4) is 5.69 Å². The third-order valence-corrected chi connectivity index (χ3v) is 4.32. The lowest BCUT2D eigenvalue weighted by Crippen LogP contribution is -2.25.